The summed E-state index contributed by atoms with van der Waals surface area (Å²) in [5.41, 5.74) is 2.05. The maximum absolute atomic E-state index is 12.2. The Kier molecular flexibility index (Phi) is 9.28. The third-order valence-corrected chi connectivity index (χ3v) is 5.37. The number of aliphatic imine (C=N–C) groups is 1. The van der Waals surface area contributed by atoms with Crippen LogP contribution in [0.5, 0.6) is 0 Å². The van der Waals surface area contributed by atoms with Gasteiger partial charge in [-0.2, -0.15) is 0 Å². The highest BCUT2D eigenvalue weighted by Gasteiger charge is 2.36. The monoisotopic (exact) mass is 388 g/mol. The van der Waals surface area contributed by atoms with Gasteiger partial charge in [0.2, 0.25) is 0 Å². The summed E-state index contributed by atoms with van der Waals surface area (Å²) < 4.78 is 5.28. The second-order valence-corrected chi connectivity index (χ2v) is 7.60. The number of benzene rings is 1. The van der Waals surface area contributed by atoms with E-state index in [1.165, 1.54) is 19.3 Å². The van der Waals surface area contributed by atoms with E-state index in [0.29, 0.717) is 24.1 Å². The van der Waals surface area contributed by atoms with Crippen LogP contribution in [0.25, 0.3) is 0 Å². The molecule has 0 bridgehead atoms. The van der Waals surface area contributed by atoms with Gasteiger partial charge in [-0.1, -0.05) is 25.5 Å². The first-order valence-electron chi connectivity index (χ1n) is 10.5. The quantitative estimate of drug-likeness (QED) is 0.402. The van der Waals surface area contributed by atoms with Gasteiger partial charge in [0.05, 0.1) is 6.54 Å². The minimum Gasteiger partial charge on any atom is -0.385 e. The first kappa shape index (κ1) is 22.2. The first-order valence-corrected chi connectivity index (χ1v) is 10.5. The second-order valence-electron chi connectivity index (χ2n) is 7.60. The number of nitrogens with zero attached hydrogens (tertiary/aromatic N) is 1. The molecule has 0 radical (unpaired) electrons. The van der Waals surface area contributed by atoms with Crippen LogP contribution in [0.1, 0.15) is 61.9 Å². The fourth-order valence-corrected chi connectivity index (χ4v) is 3.45. The van der Waals surface area contributed by atoms with Crippen LogP contribution >= 0.6 is 0 Å². The molecule has 0 unspecified atom stereocenters. The highest BCUT2D eigenvalue weighted by atomic mass is 16.5. The zero-order valence-corrected chi connectivity index (χ0v) is 17.6. The van der Waals surface area contributed by atoms with E-state index < -0.39 is 0 Å². The fourth-order valence-electron chi connectivity index (χ4n) is 3.45. The normalized spacial score (nSPS) is 15.6. The molecule has 1 aromatic rings. The van der Waals surface area contributed by atoms with Gasteiger partial charge in [-0.15, -0.1) is 0 Å². The summed E-state index contributed by atoms with van der Waals surface area (Å²) in [4.78, 5) is 16.9. The molecule has 156 valence electrons. The van der Waals surface area contributed by atoms with Gasteiger partial charge in [0.15, 0.2) is 5.96 Å². The molecule has 1 fully saturated rings. The molecule has 0 spiro atoms. The minimum absolute atomic E-state index is 0.0252. The Hall–Kier alpha value is -2.08. The number of guanidine groups is 1. The smallest absolute Gasteiger partial charge is 0.251 e. The number of rotatable bonds is 11. The molecule has 0 saturated heterocycles. The lowest BCUT2D eigenvalue weighted by atomic mass is 9.67. The highest BCUT2D eigenvalue weighted by Crippen LogP contribution is 2.43. The molecule has 1 aromatic carbocycles. The van der Waals surface area contributed by atoms with Crippen LogP contribution in [0.2, 0.25) is 0 Å². The fraction of sp³-hybridized carbons (Fsp3) is 0.636. The zero-order chi connectivity index (χ0) is 20.2. The Morgan fingerprint density at radius 2 is 2.04 bits per heavy atom. The summed E-state index contributed by atoms with van der Waals surface area (Å²) in [6.45, 7) is 7.89. The Labute approximate surface area is 169 Å². The van der Waals surface area contributed by atoms with Crippen LogP contribution in [0, 0.1) is 5.41 Å². The molecule has 2 rings (SSSR count). The van der Waals surface area contributed by atoms with Crippen molar-refractivity contribution in [2.75, 3.05) is 33.4 Å². The first-order chi connectivity index (χ1) is 13.6. The number of ether oxygens (including phenoxy) is 1. The van der Waals surface area contributed by atoms with E-state index in [9.17, 15) is 4.79 Å². The molecule has 3 N–H and O–H groups in total. The lowest BCUT2D eigenvalue weighted by Gasteiger charge is -2.42. The molecule has 6 nitrogen and oxygen atoms in total. The van der Waals surface area contributed by atoms with Gasteiger partial charge in [0.25, 0.3) is 5.91 Å². The van der Waals surface area contributed by atoms with Crippen LogP contribution in [0.15, 0.2) is 29.3 Å². The predicted molar refractivity (Wildman–Crippen MR) is 115 cm³/mol. The Morgan fingerprint density at radius 3 is 2.68 bits per heavy atom. The molecule has 1 amide bonds. The van der Waals surface area contributed by atoms with Crippen LogP contribution in [-0.2, 0) is 11.3 Å². The topological polar surface area (TPSA) is 74.8 Å². The third-order valence-electron chi connectivity index (χ3n) is 5.37. The summed E-state index contributed by atoms with van der Waals surface area (Å²) in [5, 5.41) is 9.75. The minimum atomic E-state index is -0.0252. The van der Waals surface area contributed by atoms with Crippen molar-refractivity contribution >= 4 is 11.9 Å². The molecule has 0 heterocycles. The van der Waals surface area contributed by atoms with E-state index in [1.54, 1.807) is 7.11 Å². The van der Waals surface area contributed by atoms with Crippen LogP contribution in [-0.4, -0.2) is 45.2 Å². The van der Waals surface area contributed by atoms with E-state index in [2.05, 4.69) is 22.9 Å². The van der Waals surface area contributed by atoms with E-state index in [0.717, 1.165) is 44.1 Å². The number of carbonyl (C=O) groups is 1. The molecule has 1 aliphatic carbocycles. The summed E-state index contributed by atoms with van der Waals surface area (Å²) in [6.07, 6.45) is 5.81. The number of methoxy groups -OCH3 is 1. The molecule has 1 aliphatic rings. The number of hydrogen-bond donors (Lipinski definition) is 3. The second kappa shape index (κ2) is 11.7. The van der Waals surface area contributed by atoms with Gasteiger partial charge in [-0.05, 0) is 55.7 Å². The van der Waals surface area contributed by atoms with Gasteiger partial charge in [0, 0.05) is 38.9 Å². The Morgan fingerprint density at radius 1 is 1.21 bits per heavy atom. The summed E-state index contributed by atoms with van der Waals surface area (Å²) >= 11 is 0. The van der Waals surface area contributed by atoms with Gasteiger partial charge >= 0.3 is 0 Å². The van der Waals surface area contributed by atoms with E-state index >= 15 is 0 Å². The van der Waals surface area contributed by atoms with Crippen molar-refractivity contribution < 1.29 is 9.53 Å². The van der Waals surface area contributed by atoms with Crippen molar-refractivity contribution in [1.82, 2.24) is 16.0 Å². The summed E-state index contributed by atoms with van der Waals surface area (Å²) in [5.74, 6) is 0.801. The van der Waals surface area contributed by atoms with Gasteiger partial charge in [-0.25, -0.2) is 4.99 Å². The van der Waals surface area contributed by atoms with Crippen molar-refractivity contribution in [3.63, 3.8) is 0 Å². The van der Waals surface area contributed by atoms with Crippen LogP contribution < -0.4 is 16.0 Å². The molecular formula is C22H36N4O2. The van der Waals surface area contributed by atoms with Crippen LogP contribution in [0.4, 0.5) is 0 Å². The molecule has 0 atom stereocenters. The van der Waals surface area contributed by atoms with Gasteiger partial charge in [0.1, 0.15) is 0 Å². The maximum atomic E-state index is 12.2. The average molecular weight is 389 g/mol. The maximum Gasteiger partial charge on any atom is 0.251 e. The number of carbonyl (C=O) groups excluding carboxylic acids is 1. The molecule has 1 saturated carbocycles. The van der Waals surface area contributed by atoms with Crippen molar-refractivity contribution in [2.24, 2.45) is 10.4 Å². The standard InChI is InChI=1S/C22H36N4O2/c1-4-13-24-20(27)19-9-6-8-18(15-19)16-25-21(23-5-2)26-17-22(10-7-11-22)12-14-28-3/h6,8-9,15H,4-5,7,10-14,16-17H2,1-3H3,(H,24,27)(H2,23,25,26). The zero-order valence-electron chi connectivity index (χ0n) is 17.6. The summed E-state index contributed by atoms with van der Waals surface area (Å²) in [6, 6.07) is 7.69. The lowest BCUT2D eigenvalue weighted by Crippen LogP contribution is -2.46. The van der Waals surface area contributed by atoms with Gasteiger partial charge < -0.3 is 20.7 Å². The lowest BCUT2D eigenvalue weighted by molar-refractivity contribution is 0.0732. The van der Waals surface area contributed by atoms with Crippen LogP contribution in [0.3, 0.4) is 0 Å². The molecule has 28 heavy (non-hydrogen) atoms. The van der Waals surface area contributed by atoms with Crippen molar-refractivity contribution in [2.45, 2.75) is 52.5 Å². The SMILES string of the molecule is CCCNC(=O)c1cccc(CN=C(NCC)NCC2(CCOC)CCC2)c1. The van der Waals surface area contributed by atoms with Crippen molar-refractivity contribution in [3.05, 3.63) is 35.4 Å². The summed E-state index contributed by atoms with van der Waals surface area (Å²) in [7, 11) is 1.77. The third kappa shape index (κ3) is 6.82. The van der Waals surface area contributed by atoms with E-state index in [-0.39, 0.29) is 5.91 Å². The molecular weight excluding hydrogens is 352 g/mol. The Bertz CT molecular complexity index is 641. The predicted octanol–water partition coefficient (Wildman–Crippen LogP) is 3.09. The highest BCUT2D eigenvalue weighted by molar-refractivity contribution is 5.94. The number of amides is 1. The average Bonchev–Trinajstić information content (AvgIpc) is 2.69. The number of hydrogen-bond acceptors (Lipinski definition) is 3. The van der Waals surface area contributed by atoms with E-state index in [4.69, 9.17) is 9.73 Å². The molecule has 0 aliphatic heterocycles. The van der Waals surface area contributed by atoms with E-state index in [1.807, 2.05) is 31.2 Å². The molecule has 0 aromatic heterocycles. The largest absolute Gasteiger partial charge is 0.385 e. The molecule has 6 heteroatoms. The van der Waals surface area contributed by atoms with Gasteiger partial charge in [-0.3, -0.25) is 4.79 Å². The Balaban J connectivity index is 1.95. The van der Waals surface area contributed by atoms with Crippen molar-refractivity contribution in [1.29, 1.82) is 0 Å². The number of nitrogens with one attached hydrogen (secondary N) is 3. The van der Waals surface area contributed by atoms with Crippen molar-refractivity contribution in [3.8, 4) is 0 Å².